The lowest BCUT2D eigenvalue weighted by Gasteiger charge is -2.39. The Labute approximate surface area is 128 Å². The van der Waals surface area contributed by atoms with Crippen molar-refractivity contribution in [1.82, 2.24) is 24.8 Å². The molecule has 2 aromatic rings. The van der Waals surface area contributed by atoms with Gasteiger partial charge in [-0.15, -0.1) is 16.4 Å². The zero-order valence-corrected chi connectivity index (χ0v) is 13.1. The molecule has 0 aliphatic carbocycles. The molecule has 112 valence electrons. The molecule has 7 heteroatoms. The molecule has 6 nitrogen and oxygen atoms in total. The second-order valence-corrected chi connectivity index (χ2v) is 6.14. The molecule has 0 radical (unpaired) electrons. The Balaban J connectivity index is 1.82. The van der Waals surface area contributed by atoms with E-state index in [0.717, 1.165) is 36.7 Å². The van der Waals surface area contributed by atoms with E-state index in [9.17, 15) is 4.79 Å². The van der Waals surface area contributed by atoms with E-state index in [2.05, 4.69) is 29.1 Å². The fourth-order valence-electron chi connectivity index (χ4n) is 2.73. The molecular weight excluding hydrogens is 286 g/mol. The molecule has 1 atom stereocenters. The summed E-state index contributed by atoms with van der Waals surface area (Å²) in [6.07, 6.45) is 3.38. The Morgan fingerprint density at radius 3 is 3.00 bits per heavy atom. The standard InChI is InChI=1S/C14H19N5OS/c1-3-17-7-8-18(11(2)10-17)14(20)13-12(4-9-21-13)19-6-5-15-16-19/h4-6,9,11H,3,7-8,10H2,1-2H3. The van der Waals surface area contributed by atoms with Crippen LogP contribution in [0.25, 0.3) is 5.69 Å². The fourth-order valence-corrected chi connectivity index (χ4v) is 3.57. The van der Waals surface area contributed by atoms with Crippen molar-refractivity contribution in [3.05, 3.63) is 28.7 Å². The zero-order chi connectivity index (χ0) is 14.8. The van der Waals surface area contributed by atoms with E-state index in [1.54, 1.807) is 17.1 Å². The van der Waals surface area contributed by atoms with Gasteiger partial charge in [0.15, 0.2) is 0 Å². The summed E-state index contributed by atoms with van der Waals surface area (Å²) in [5.41, 5.74) is 0.813. The number of hydrogen-bond acceptors (Lipinski definition) is 5. The minimum atomic E-state index is 0.0961. The van der Waals surface area contributed by atoms with E-state index >= 15 is 0 Å². The third kappa shape index (κ3) is 2.71. The van der Waals surface area contributed by atoms with Crippen LogP contribution in [-0.2, 0) is 0 Å². The van der Waals surface area contributed by atoms with Gasteiger partial charge in [0.05, 0.1) is 18.1 Å². The Bertz CT molecular complexity index is 609. The van der Waals surface area contributed by atoms with Crippen LogP contribution >= 0.6 is 11.3 Å². The van der Waals surface area contributed by atoms with E-state index in [4.69, 9.17) is 0 Å². The van der Waals surface area contributed by atoms with Crippen molar-refractivity contribution >= 4 is 17.2 Å². The molecule has 0 spiro atoms. The third-order valence-electron chi connectivity index (χ3n) is 3.93. The first-order chi connectivity index (χ1) is 10.2. The lowest BCUT2D eigenvalue weighted by Crippen LogP contribution is -2.53. The molecule has 0 aromatic carbocycles. The smallest absolute Gasteiger partial charge is 0.266 e. The second-order valence-electron chi connectivity index (χ2n) is 5.22. The van der Waals surface area contributed by atoms with Gasteiger partial charge in [0.25, 0.3) is 5.91 Å². The number of amides is 1. The molecule has 3 heterocycles. The van der Waals surface area contributed by atoms with Gasteiger partial charge in [-0.05, 0) is 24.9 Å². The van der Waals surface area contributed by atoms with Gasteiger partial charge in [-0.3, -0.25) is 9.69 Å². The summed E-state index contributed by atoms with van der Waals surface area (Å²) in [5, 5.41) is 9.73. The van der Waals surface area contributed by atoms with E-state index in [1.807, 2.05) is 16.3 Å². The first-order valence-electron chi connectivity index (χ1n) is 7.18. The number of hydrogen-bond donors (Lipinski definition) is 0. The quantitative estimate of drug-likeness (QED) is 0.862. The van der Waals surface area contributed by atoms with Crippen LogP contribution in [0, 0.1) is 0 Å². The number of aromatic nitrogens is 3. The third-order valence-corrected chi connectivity index (χ3v) is 4.82. The molecule has 0 saturated carbocycles. The number of carbonyl (C=O) groups excluding carboxylic acids is 1. The number of likely N-dealkylation sites (N-methyl/N-ethyl adjacent to an activating group) is 1. The van der Waals surface area contributed by atoms with Gasteiger partial charge in [0.2, 0.25) is 0 Å². The molecular formula is C14H19N5OS. The Hall–Kier alpha value is -1.73. The molecule has 21 heavy (non-hydrogen) atoms. The van der Waals surface area contributed by atoms with Gasteiger partial charge >= 0.3 is 0 Å². The topological polar surface area (TPSA) is 54.3 Å². The summed E-state index contributed by atoms with van der Waals surface area (Å²) < 4.78 is 1.65. The Kier molecular flexibility index (Phi) is 4.03. The number of piperazine rings is 1. The summed E-state index contributed by atoms with van der Waals surface area (Å²) in [4.78, 5) is 17.9. The lowest BCUT2D eigenvalue weighted by molar-refractivity contribution is 0.0504. The minimum absolute atomic E-state index is 0.0961. The Morgan fingerprint density at radius 1 is 1.48 bits per heavy atom. The van der Waals surface area contributed by atoms with E-state index in [0.29, 0.717) is 0 Å². The molecule has 0 bridgehead atoms. The fraction of sp³-hybridized carbons (Fsp3) is 0.500. The lowest BCUT2D eigenvalue weighted by atomic mass is 10.1. The normalized spacial score (nSPS) is 19.9. The average Bonchev–Trinajstić information content (AvgIpc) is 3.16. The molecule has 2 aromatic heterocycles. The SMILES string of the molecule is CCN1CCN(C(=O)c2sccc2-n2ccnn2)C(C)C1. The summed E-state index contributed by atoms with van der Waals surface area (Å²) in [6, 6.07) is 2.15. The summed E-state index contributed by atoms with van der Waals surface area (Å²) in [6.45, 7) is 7.97. The van der Waals surface area contributed by atoms with Crippen molar-refractivity contribution < 1.29 is 4.79 Å². The Morgan fingerprint density at radius 2 is 2.33 bits per heavy atom. The molecule has 1 aliphatic heterocycles. The van der Waals surface area contributed by atoms with Gasteiger partial charge < -0.3 is 4.90 Å². The molecule has 3 rings (SSSR count). The van der Waals surface area contributed by atoms with E-state index in [1.165, 1.54) is 11.3 Å². The summed E-state index contributed by atoms with van der Waals surface area (Å²) in [7, 11) is 0. The molecule has 0 N–H and O–H groups in total. The highest BCUT2D eigenvalue weighted by Gasteiger charge is 2.29. The predicted molar refractivity (Wildman–Crippen MR) is 81.8 cm³/mol. The number of rotatable bonds is 3. The number of carbonyl (C=O) groups is 1. The highest BCUT2D eigenvalue weighted by atomic mass is 32.1. The van der Waals surface area contributed by atoms with Crippen molar-refractivity contribution in [3.8, 4) is 5.69 Å². The van der Waals surface area contributed by atoms with Crippen LogP contribution in [0.2, 0.25) is 0 Å². The van der Waals surface area contributed by atoms with Crippen molar-refractivity contribution in [3.63, 3.8) is 0 Å². The van der Waals surface area contributed by atoms with Gasteiger partial charge in [-0.1, -0.05) is 12.1 Å². The minimum Gasteiger partial charge on any atom is -0.333 e. The van der Waals surface area contributed by atoms with Crippen molar-refractivity contribution in [1.29, 1.82) is 0 Å². The zero-order valence-electron chi connectivity index (χ0n) is 12.3. The molecule has 1 fully saturated rings. The highest BCUT2D eigenvalue weighted by molar-refractivity contribution is 7.12. The predicted octanol–water partition coefficient (Wildman–Crippen LogP) is 1.49. The largest absolute Gasteiger partial charge is 0.333 e. The highest BCUT2D eigenvalue weighted by Crippen LogP contribution is 2.24. The maximum Gasteiger partial charge on any atom is 0.266 e. The number of nitrogens with zero attached hydrogens (tertiary/aromatic N) is 5. The molecule has 1 amide bonds. The monoisotopic (exact) mass is 305 g/mol. The van der Waals surface area contributed by atoms with Crippen molar-refractivity contribution in [2.45, 2.75) is 19.9 Å². The van der Waals surface area contributed by atoms with Crippen molar-refractivity contribution in [2.24, 2.45) is 0 Å². The van der Waals surface area contributed by atoms with Crippen LogP contribution in [0.3, 0.4) is 0 Å². The second kappa shape index (κ2) is 5.95. The van der Waals surface area contributed by atoms with Crippen LogP contribution in [0.1, 0.15) is 23.5 Å². The maximum absolute atomic E-state index is 12.8. The molecule has 1 aliphatic rings. The average molecular weight is 305 g/mol. The van der Waals surface area contributed by atoms with Crippen LogP contribution in [0.5, 0.6) is 0 Å². The van der Waals surface area contributed by atoms with Gasteiger partial charge in [0, 0.05) is 25.7 Å². The maximum atomic E-state index is 12.8. The summed E-state index contributed by atoms with van der Waals surface area (Å²) >= 11 is 1.46. The van der Waals surface area contributed by atoms with Gasteiger partial charge in [0.1, 0.15) is 4.88 Å². The van der Waals surface area contributed by atoms with Gasteiger partial charge in [-0.2, -0.15) is 0 Å². The van der Waals surface area contributed by atoms with E-state index < -0.39 is 0 Å². The van der Waals surface area contributed by atoms with Crippen molar-refractivity contribution in [2.75, 3.05) is 26.2 Å². The first-order valence-corrected chi connectivity index (χ1v) is 8.06. The van der Waals surface area contributed by atoms with Gasteiger partial charge in [-0.25, -0.2) is 4.68 Å². The summed E-state index contributed by atoms with van der Waals surface area (Å²) in [5.74, 6) is 0.0961. The first kappa shape index (κ1) is 14.2. The molecule has 1 saturated heterocycles. The van der Waals surface area contributed by atoms with Crippen LogP contribution in [0.4, 0.5) is 0 Å². The van der Waals surface area contributed by atoms with Crippen LogP contribution in [0.15, 0.2) is 23.8 Å². The van der Waals surface area contributed by atoms with Crippen LogP contribution in [-0.4, -0.2) is 62.9 Å². The van der Waals surface area contributed by atoms with E-state index in [-0.39, 0.29) is 11.9 Å². The molecule has 1 unspecified atom stereocenters. The number of thiophene rings is 1. The van der Waals surface area contributed by atoms with Crippen LogP contribution < -0.4 is 0 Å².